The molecule has 1 unspecified atom stereocenters. The Bertz CT molecular complexity index is 1490. The van der Waals surface area contributed by atoms with E-state index < -0.39 is 6.10 Å². The molecule has 6 heteroatoms. The average Bonchev–Trinajstić information content (AvgIpc) is 3.42. The number of hydrogen-bond acceptors (Lipinski definition) is 6. The van der Waals surface area contributed by atoms with Crippen molar-refractivity contribution in [1.29, 1.82) is 0 Å². The van der Waals surface area contributed by atoms with Gasteiger partial charge in [0, 0.05) is 19.3 Å². The Labute approximate surface area is 470 Å². The zero-order valence-electron chi connectivity index (χ0n) is 50.0. The Kier molecular flexibility index (Phi) is 60.8. The molecule has 0 heterocycles. The molecule has 0 amide bonds. The molecule has 1 atom stereocenters. The normalized spacial score (nSPS) is 12.7. The molecule has 0 rings (SSSR count). The summed E-state index contributed by atoms with van der Waals surface area (Å²) in [4.78, 5) is 38.0. The molecule has 0 spiro atoms. The van der Waals surface area contributed by atoms with E-state index in [0.717, 1.165) is 116 Å². The van der Waals surface area contributed by atoms with Gasteiger partial charge in [-0.05, 0) is 103 Å². The van der Waals surface area contributed by atoms with Crippen LogP contribution in [0.25, 0.3) is 0 Å². The van der Waals surface area contributed by atoms with Crippen molar-refractivity contribution in [2.75, 3.05) is 13.2 Å². The van der Waals surface area contributed by atoms with Crippen molar-refractivity contribution in [3.8, 4) is 0 Å². The molecule has 436 valence electrons. The first kappa shape index (κ1) is 72.3. The van der Waals surface area contributed by atoms with Gasteiger partial charge < -0.3 is 14.2 Å². The predicted octanol–water partition coefficient (Wildman–Crippen LogP) is 22.0. The fraction of sp³-hybridized carbons (Fsp3) is 0.729. The van der Waals surface area contributed by atoms with Crippen LogP contribution in [0.5, 0.6) is 0 Å². The first-order chi connectivity index (χ1) is 37.5. The summed E-state index contributed by atoms with van der Waals surface area (Å²) >= 11 is 0. The number of allylic oxidation sites excluding steroid dienone is 16. The van der Waals surface area contributed by atoms with Gasteiger partial charge >= 0.3 is 17.9 Å². The SMILES string of the molecule is CC/C=C\C/C=C\C/C=C\C/C=C\C/C=C\C/C=C\CCCCCCCCC(=O)OC(COC(=O)CCCCCCCC)COC(=O)CCCCCCCCCCCCCCCCC/C=C\C/C=C\CCCCCCC. The average molecular weight is 1060 g/mol. The standard InChI is InChI=1S/C70H120O6/c1-4-7-10-13-16-18-20-22-24-26-28-30-32-34-35-37-38-40-42-44-46-48-50-52-54-57-60-63-69(72)75-66-67(65-74-68(71)62-59-56-15-12-9-6-3)76-70(73)64-61-58-55-53-51-49-47-45-43-41-39-36-33-31-29-27-25-23-21-19-17-14-11-8-5-2/h8,11,17,19-20,22-23,25-26,28-29,31,36,39,43,45,67H,4-7,9-10,12-16,18,21,24,27,30,32-35,37-38,40-42,44,46-66H2,1-3H3/b11-8-,19-17-,22-20-,25-23-,28-26-,31-29-,39-36-,45-43-. The fourth-order valence-electron chi connectivity index (χ4n) is 9.01. The Balaban J connectivity index is 4.12. The molecule has 0 N–H and O–H groups in total. The van der Waals surface area contributed by atoms with E-state index >= 15 is 0 Å². The van der Waals surface area contributed by atoms with E-state index in [4.69, 9.17) is 14.2 Å². The van der Waals surface area contributed by atoms with Gasteiger partial charge in [0.15, 0.2) is 6.10 Å². The second-order valence-corrected chi connectivity index (χ2v) is 21.3. The highest BCUT2D eigenvalue weighted by Gasteiger charge is 2.19. The first-order valence-corrected chi connectivity index (χ1v) is 32.2. The van der Waals surface area contributed by atoms with Gasteiger partial charge in [0.1, 0.15) is 13.2 Å². The molecular formula is C70H120O6. The van der Waals surface area contributed by atoms with Crippen LogP contribution in [0.1, 0.15) is 310 Å². The van der Waals surface area contributed by atoms with Gasteiger partial charge in [0.25, 0.3) is 0 Å². The molecule has 6 nitrogen and oxygen atoms in total. The summed E-state index contributed by atoms with van der Waals surface area (Å²) in [5, 5.41) is 0. The fourth-order valence-corrected chi connectivity index (χ4v) is 9.01. The second kappa shape index (κ2) is 63.9. The third-order valence-corrected chi connectivity index (χ3v) is 13.8. The minimum Gasteiger partial charge on any atom is -0.462 e. The van der Waals surface area contributed by atoms with Crippen LogP contribution in [0.2, 0.25) is 0 Å². The van der Waals surface area contributed by atoms with E-state index in [1.54, 1.807) is 0 Å². The van der Waals surface area contributed by atoms with Crippen molar-refractivity contribution in [2.24, 2.45) is 0 Å². The highest BCUT2D eigenvalue weighted by Crippen LogP contribution is 2.16. The zero-order chi connectivity index (χ0) is 55.0. The monoisotopic (exact) mass is 1060 g/mol. The molecule has 0 aliphatic heterocycles. The van der Waals surface area contributed by atoms with Crippen molar-refractivity contribution in [3.63, 3.8) is 0 Å². The van der Waals surface area contributed by atoms with Crippen LogP contribution in [0, 0.1) is 0 Å². The van der Waals surface area contributed by atoms with Gasteiger partial charge in [-0.1, -0.05) is 285 Å². The number of rotatable bonds is 58. The third-order valence-electron chi connectivity index (χ3n) is 13.8. The maximum Gasteiger partial charge on any atom is 0.306 e. The smallest absolute Gasteiger partial charge is 0.306 e. The minimum absolute atomic E-state index is 0.0821. The molecule has 0 radical (unpaired) electrons. The molecule has 0 aliphatic carbocycles. The number of carbonyl (C=O) groups is 3. The van der Waals surface area contributed by atoms with Crippen molar-refractivity contribution in [3.05, 3.63) is 97.2 Å². The van der Waals surface area contributed by atoms with Gasteiger partial charge in [0.2, 0.25) is 0 Å². The van der Waals surface area contributed by atoms with Crippen molar-refractivity contribution < 1.29 is 28.6 Å². The summed E-state index contributed by atoms with van der Waals surface area (Å²) in [6, 6.07) is 0. The maximum atomic E-state index is 12.8. The topological polar surface area (TPSA) is 78.9 Å². The molecule has 76 heavy (non-hydrogen) atoms. The Morgan fingerprint density at radius 3 is 0.803 bits per heavy atom. The minimum atomic E-state index is -0.783. The van der Waals surface area contributed by atoms with Gasteiger partial charge in [-0.15, -0.1) is 0 Å². The van der Waals surface area contributed by atoms with E-state index in [9.17, 15) is 14.4 Å². The van der Waals surface area contributed by atoms with Crippen molar-refractivity contribution >= 4 is 17.9 Å². The predicted molar refractivity (Wildman–Crippen MR) is 330 cm³/mol. The number of hydrogen-bond donors (Lipinski definition) is 0. The van der Waals surface area contributed by atoms with Crippen molar-refractivity contribution in [1.82, 2.24) is 0 Å². The van der Waals surface area contributed by atoms with Crippen LogP contribution in [0.3, 0.4) is 0 Å². The number of unbranched alkanes of at least 4 members (excludes halogenated alkanes) is 31. The summed E-state index contributed by atoms with van der Waals surface area (Å²) in [6.45, 7) is 6.47. The van der Waals surface area contributed by atoms with Crippen LogP contribution in [0.15, 0.2) is 97.2 Å². The summed E-state index contributed by atoms with van der Waals surface area (Å²) in [6.07, 6.45) is 85.9. The Morgan fingerprint density at radius 2 is 0.513 bits per heavy atom. The van der Waals surface area contributed by atoms with E-state index in [2.05, 4.69) is 118 Å². The van der Waals surface area contributed by atoms with Gasteiger partial charge in [-0.25, -0.2) is 0 Å². The van der Waals surface area contributed by atoms with Crippen molar-refractivity contribution in [2.45, 2.75) is 316 Å². The largest absolute Gasteiger partial charge is 0.462 e. The second-order valence-electron chi connectivity index (χ2n) is 21.3. The van der Waals surface area contributed by atoms with Crippen LogP contribution in [-0.4, -0.2) is 37.2 Å². The summed E-state index contributed by atoms with van der Waals surface area (Å²) in [7, 11) is 0. The van der Waals surface area contributed by atoms with E-state index in [0.29, 0.717) is 19.3 Å². The number of ether oxygens (including phenoxy) is 3. The van der Waals surface area contributed by atoms with Crippen LogP contribution in [-0.2, 0) is 28.6 Å². The van der Waals surface area contributed by atoms with Crippen LogP contribution < -0.4 is 0 Å². The molecule has 0 aromatic rings. The maximum absolute atomic E-state index is 12.8. The first-order valence-electron chi connectivity index (χ1n) is 32.2. The number of esters is 3. The quantitative estimate of drug-likeness (QED) is 0.0261. The van der Waals surface area contributed by atoms with Crippen LogP contribution >= 0.6 is 0 Å². The molecular weight excluding hydrogens is 937 g/mol. The Hall–Kier alpha value is -3.67. The lowest BCUT2D eigenvalue weighted by Crippen LogP contribution is -2.30. The summed E-state index contributed by atoms with van der Waals surface area (Å²) in [5.74, 6) is -0.899. The lowest BCUT2D eigenvalue weighted by molar-refractivity contribution is -0.167. The zero-order valence-corrected chi connectivity index (χ0v) is 50.0. The molecule has 0 aliphatic rings. The summed E-state index contributed by atoms with van der Waals surface area (Å²) in [5.41, 5.74) is 0. The van der Waals surface area contributed by atoms with E-state index in [1.807, 2.05) is 0 Å². The van der Waals surface area contributed by atoms with Gasteiger partial charge in [-0.3, -0.25) is 14.4 Å². The van der Waals surface area contributed by atoms with E-state index in [1.165, 1.54) is 154 Å². The molecule has 0 saturated carbocycles. The van der Waals surface area contributed by atoms with E-state index in [-0.39, 0.29) is 31.1 Å². The lowest BCUT2D eigenvalue weighted by Gasteiger charge is -2.18. The Morgan fingerprint density at radius 1 is 0.276 bits per heavy atom. The molecule has 0 bridgehead atoms. The summed E-state index contributed by atoms with van der Waals surface area (Å²) < 4.78 is 16.8. The third kappa shape index (κ3) is 61.2. The molecule has 0 fully saturated rings. The highest BCUT2D eigenvalue weighted by molar-refractivity contribution is 5.71. The molecule has 0 aromatic heterocycles. The molecule has 0 saturated heterocycles. The number of carbonyl (C=O) groups excluding carboxylic acids is 3. The van der Waals surface area contributed by atoms with Gasteiger partial charge in [0.05, 0.1) is 0 Å². The lowest BCUT2D eigenvalue weighted by atomic mass is 10.0. The van der Waals surface area contributed by atoms with Crippen LogP contribution in [0.4, 0.5) is 0 Å². The van der Waals surface area contributed by atoms with Gasteiger partial charge in [-0.2, -0.15) is 0 Å². The highest BCUT2D eigenvalue weighted by atomic mass is 16.6. The molecule has 0 aromatic carbocycles.